The standard InChI is InChI=1S/C56H37N3O2/c1-3-15-41(16-4-1)59(42-17-5-2-6-18-42)45-31-40(51-21-11-12-29-57-51)30-44(33-45)58(36-39-14-13-24-54-56(39)47-20-8-10-23-53(47)60-54)43-28-27-37-25-26-38-32-55-50(35-49(38)48(37)34-43)46-19-7-9-22-52(46)61-55/h1-35H,36H2. The van der Waals surface area contributed by atoms with E-state index in [2.05, 4.69) is 192 Å². The van der Waals surface area contributed by atoms with Gasteiger partial charge in [-0.3, -0.25) is 4.98 Å². The lowest BCUT2D eigenvalue weighted by Crippen LogP contribution is -2.18. The first-order valence-corrected chi connectivity index (χ1v) is 20.6. The number of anilines is 5. The molecule has 3 heterocycles. The van der Waals surface area contributed by atoms with Crippen molar-refractivity contribution in [3.05, 3.63) is 218 Å². The number of rotatable bonds is 8. The molecule has 0 aliphatic rings. The second-order valence-electron chi connectivity index (χ2n) is 15.6. The lowest BCUT2D eigenvalue weighted by Gasteiger charge is -2.30. The Kier molecular flexibility index (Phi) is 8.17. The van der Waals surface area contributed by atoms with Gasteiger partial charge in [-0.2, -0.15) is 0 Å². The molecule has 0 saturated carbocycles. The number of hydrogen-bond acceptors (Lipinski definition) is 5. The number of hydrogen-bond donors (Lipinski definition) is 0. The van der Waals surface area contributed by atoms with Crippen molar-refractivity contribution in [2.75, 3.05) is 9.80 Å². The van der Waals surface area contributed by atoms with E-state index in [4.69, 9.17) is 13.8 Å². The first-order valence-electron chi connectivity index (χ1n) is 20.6. The molecule has 5 nitrogen and oxygen atoms in total. The molecule has 9 aromatic carbocycles. The molecule has 0 spiro atoms. The number of nitrogens with zero attached hydrogens (tertiary/aromatic N) is 3. The molecule has 5 heteroatoms. The monoisotopic (exact) mass is 783 g/mol. The zero-order valence-corrected chi connectivity index (χ0v) is 33.1. The van der Waals surface area contributed by atoms with Crippen molar-refractivity contribution in [1.29, 1.82) is 0 Å². The second kappa shape index (κ2) is 14.3. The molecule has 0 fully saturated rings. The molecule has 0 bridgehead atoms. The Hall–Kier alpha value is -8.15. The zero-order valence-electron chi connectivity index (χ0n) is 33.1. The minimum absolute atomic E-state index is 0.579. The van der Waals surface area contributed by atoms with E-state index in [0.717, 1.165) is 89.0 Å². The Morgan fingerprint density at radius 2 is 1.02 bits per heavy atom. The van der Waals surface area contributed by atoms with E-state index in [1.165, 1.54) is 21.7 Å². The van der Waals surface area contributed by atoms with Crippen molar-refractivity contribution >= 4 is 93.9 Å². The average Bonchev–Trinajstić information content (AvgIpc) is 3.89. The summed E-state index contributed by atoms with van der Waals surface area (Å²) >= 11 is 0. The maximum absolute atomic E-state index is 6.44. The Morgan fingerprint density at radius 3 is 1.80 bits per heavy atom. The smallest absolute Gasteiger partial charge is 0.136 e. The van der Waals surface area contributed by atoms with Gasteiger partial charge in [-0.25, -0.2) is 0 Å². The third kappa shape index (κ3) is 6.06. The molecule has 3 aromatic heterocycles. The van der Waals surface area contributed by atoms with Crippen LogP contribution in [0.4, 0.5) is 28.4 Å². The molecular weight excluding hydrogens is 747 g/mol. The fourth-order valence-electron chi connectivity index (χ4n) is 9.07. The number of pyridine rings is 1. The van der Waals surface area contributed by atoms with Crippen LogP contribution < -0.4 is 9.80 Å². The number of benzene rings is 9. The predicted molar refractivity (Wildman–Crippen MR) is 253 cm³/mol. The van der Waals surface area contributed by atoms with E-state index >= 15 is 0 Å². The summed E-state index contributed by atoms with van der Waals surface area (Å²) in [6.07, 6.45) is 1.87. The van der Waals surface area contributed by atoms with E-state index in [0.29, 0.717) is 6.54 Å². The molecule has 0 atom stereocenters. The lowest BCUT2D eigenvalue weighted by atomic mass is 9.98. The summed E-state index contributed by atoms with van der Waals surface area (Å²) in [6, 6.07) is 72.9. The summed E-state index contributed by atoms with van der Waals surface area (Å²) < 4.78 is 12.8. The molecule has 0 amide bonds. The van der Waals surface area contributed by atoms with E-state index in [1.54, 1.807) is 0 Å². The lowest BCUT2D eigenvalue weighted by molar-refractivity contribution is 0.668. The van der Waals surface area contributed by atoms with Crippen molar-refractivity contribution in [3.8, 4) is 11.3 Å². The van der Waals surface area contributed by atoms with Crippen molar-refractivity contribution in [1.82, 2.24) is 4.98 Å². The van der Waals surface area contributed by atoms with Gasteiger partial charge in [-0.15, -0.1) is 0 Å². The fraction of sp³-hybridized carbons (Fsp3) is 0.0179. The molecule has 12 rings (SSSR count). The van der Waals surface area contributed by atoms with Crippen LogP contribution in [-0.4, -0.2) is 4.98 Å². The fourth-order valence-corrected chi connectivity index (χ4v) is 9.07. The van der Waals surface area contributed by atoms with Gasteiger partial charge >= 0.3 is 0 Å². The van der Waals surface area contributed by atoms with E-state index in [-0.39, 0.29) is 0 Å². The summed E-state index contributed by atoms with van der Waals surface area (Å²) in [5, 5.41) is 9.14. The predicted octanol–water partition coefficient (Wildman–Crippen LogP) is 15.7. The minimum atomic E-state index is 0.579. The van der Waals surface area contributed by atoms with E-state index < -0.39 is 0 Å². The van der Waals surface area contributed by atoms with Crippen LogP contribution in [-0.2, 0) is 6.54 Å². The number of aromatic nitrogens is 1. The number of furan rings is 2. The first kappa shape index (κ1) is 34.9. The van der Waals surface area contributed by atoms with Gasteiger partial charge in [0.2, 0.25) is 0 Å². The number of fused-ring (bicyclic) bond motifs is 9. The maximum Gasteiger partial charge on any atom is 0.136 e. The molecule has 0 unspecified atom stereocenters. The van der Waals surface area contributed by atoms with Gasteiger partial charge in [0, 0.05) is 68.3 Å². The van der Waals surface area contributed by atoms with Gasteiger partial charge in [0.25, 0.3) is 0 Å². The van der Waals surface area contributed by atoms with Crippen LogP contribution in [0.5, 0.6) is 0 Å². The highest BCUT2D eigenvalue weighted by Crippen LogP contribution is 2.43. The van der Waals surface area contributed by atoms with E-state index in [1.807, 2.05) is 30.5 Å². The quantitative estimate of drug-likeness (QED) is 0.144. The highest BCUT2D eigenvalue weighted by Gasteiger charge is 2.21. The highest BCUT2D eigenvalue weighted by molar-refractivity contribution is 6.17. The minimum Gasteiger partial charge on any atom is -0.456 e. The Bertz CT molecular complexity index is 3540. The van der Waals surface area contributed by atoms with Crippen molar-refractivity contribution in [3.63, 3.8) is 0 Å². The Balaban J connectivity index is 1.12. The highest BCUT2D eigenvalue weighted by atomic mass is 16.3. The van der Waals surface area contributed by atoms with Gasteiger partial charge in [0.15, 0.2) is 0 Å². The van der Waals surface area contributed by atoms with E-state index in [9.17, 15) is 0 Å². The maximum atomic E-state index is 6.44. The molecule has 0 aliphatic heterocycles. The summed E-state index contributed by atoms with van der Waals surface area (Å²) in [5.41, 5.74) is 11.9. The largest absolute Gasteiger partial charge is 0.456 e. The summed E-state index contributed by atoms with van der Waals surface area (Å²) in [6.45, 7) is 0.579. The molecule has 288 valence electrons. The molecule has 0 radical (unpaired) electrons. The number of para-hydroxylation sites is 4. The van der Waals surface area contributed by atoms with Crippen LogP contribution in [0.3, 0.4) is 0 Å². The van der Waals surface area contributed by atoms with Crippen LogP contribution in [0.25, 0.3) is 76.7 Å². The third-order valence-electron chi connectivity index (χ3n) is 11.9. The van der Waals surface area contributed by atoms with Crippen molar-refractivity contribution in [2.45, 2.75) is 6.54 Å². The molecular formula is C56H37N3O2. The zero-order chi connectivity index (χ0) is 40.3. The Labute approximate surface area is 351 Å². The van der Waals surface area contributed by atoms with Crippen molar-refractivity contribution in [2.24, 2.45) is 0 Å². The van der Waals surface area contributed by atoms with Gasteiger partial charge in [-0.05, 0) is 124 Å². The van der Waals surface area contributed by atoms with Gasteiger partial charge < -0.3 is 18.6 Å². The van der Waals surface area contributed by atoms with Gasteiger partial charge in [0.05, 0.1) is 5.69 Å². The van der Waals surface area contributed by atoms with Gasteiger partial charge in [-0.1, -0.05) is 109 Å². The van der Waals surface area contributed by atoms with Crippen LogP contribution in [0.2, 0.25) is 0 Å². The van der Waals surface area contributed by atoms with Crippen LogP contribution in [0.15, 0.2) is 221 Å². The van der Waals surface area contributed by atoms with Gasteiger partial charge in [0.1, 0.15) is 22.3 Å². The molecule has 0 saturated heterocycles. The molecule has 0 aliphatic carbocycles. The summed E-state index contributed by atoms with van der Waals surface area (Å²) in [4.78, 5) is 9.66. The summed E-state index contributed by atoms with van der Waals surface area (Å²) in [7, 11) is 0. The van der Waals surface area contributed by atoms with Crippen molar-refractivity contribution < 1.29 is 8.83 Å². The normalized spacial score (nSPS) is 11.7. The van der Waals surface area contributed by atoms with Crippen LogP contribution in [0, 0.1) is 0 Å². The molecule has 0 N–H and O–H groups in total. The third-order valence-corrected chi connectivity index (χ3v) is 11.9. The average molecular weight is 784 g/mol. The van der Waals surface area contributed by atoms with Crippen LogP contribution >= 0.6 is 0 Å². The molecule has 61 heavy (non-hydrogen) atoms. The molecule has 12 aromatic rings. The summed E-state index contributed by atoms with van der Waals surface area (Å²) in [5.74, 6) is 0. The first-order chi connectivity index (χ1) is 30.2. The second-order valence-corrected chi connectivity index (χ2v) is 15.6. The SMILES string of the molecule is c1ccc(N(c2ccccc2)c2cc(-c3ccccn3)cc(N(Cc3cccc4oc5ccccc5c34)c3ccc4ccc5cc6oc7ccccc7c6cc5c4c3)c2)cc1. The topological polar surface area (TPSA) is 45.7 Å². The van der Waals surface area contributed by atoms with Crippen LogP contribution in [0.1, 0.15) is 5.56 Å². The Morgan fingerprint density at radius 1 is 0.377 bits per heavy atom.